The first kappa shape index (κ1) is 18.1. The summed E-state index contributed by atoms with van der Waals surface area (Å²) in [6.07, 6.45) is 0. The summed E-state index contributed by atoms with van der Waals surface area (Å²) in [7, 11) is 0. The van der Waals surface area contributed by atoms with E-state index in [0.29, 0.717) is 16.8 Å². The predicted octanol–water partition coefficient (Wildman–Crippen LogP) is 3.71. The number of ketones is 1. The Bertz CT molecular complexity index is 935. The number of benzene rings is 3. The molecule has 134 valence electrons. The van der Waals surface area contributed by atoms with Gasteiger partial charge in [0.1, 0.15) is 0 Å². The normalized spacial score (nSPS) is 10.1. The van der Waals surface area contributed by atoms with Gasteiger partial charge in [0.25, 0.3) is 5.91 Å². The lowest BCUT2D eigenvalue weighted by Crippen LogP contribution is -2.20. The Labute approximate surface area is 156 Å². The van der Waals surface area contributed by atoms with Gasteiger partial charge in [-0.2, -0.15) is 0 Å². The van der Waals surface area contributed by atoms with Crippen LogP contribution in [-0.2, 0) is 9.53 Å². The number of amides is 1. The second-order valence-electron chi connectivity index (χ2n) is 5.76. The van der Waals surface area contributed by atoms with Gasteiger partial charge in [-0.1, -0.05) is 60.7 Å². The molecule has 1 N–H and O–H groups in total. The molecule has 0 fully saturated rings. The minimum atomic E-state index is -0.628. The number of rotatable bonds is 6. The van der Waals surface area contributed by atoms with Gasteiger partial charge in [-0.3, -0.25) is 9.59 Å². The first-order chi connectivity index (χ1) is 13.1. The number of hydrogen-bond donors (Lipinski definition) is 1. The third-order valence-corrected chi connectivity index (χ3v) is 3.81. The summed E-state index contributed by atoms with van der Waals surface area (Å²) in [5.41, 5.74) is 1.94. The van der Waals surface area contributed by atoms with E-state index in [-0.39, 0.29) is 11.3 Å². The summed E-state index contributed by atoms with van der Waals surface area (Å²) in [4.78, 5) is 36.2. The third-order valence-electron chi connectivity index (χ3n) is 3.81. The topological polar surface area (TPSA) is 72.5 Å². The fourth-order valence-electron chi connectivity index (χ4n) is 2.45. The highest BCUT2D eigenvalue weighted by molar-refractivity contribution is 6.09. The highest BCUT2D eigenvalue weighted by Gasteiger charge is 2.13. The van der Waals surface area contributed by atoms with Crippen molar-refractivity contribution in [2.24, 2.45) is 0 Å². The monoisotopic (exact) mass is 359 g/mol. The molecule has 0 aliphatic heterocycles. The van der Waals surface area contributed by atoms with Crippen molar-refractivity contribution in [1.29, 1.82) is 0 Å². The molecule has 0 saturated heterocycles. The molecule has 3 aromatic carbocycles. The summed E-state index contributed by atoms with van der Waals surface area (Å²) in [6, 6.07) is 23.9. The molecule has 0 saturated carbocycles. The zero-order valence-corrected chi connectivity index (χ0v) is 14.4. The van der Waals surface area contributed by atoms with E-state index in [2.05, 4.69) is 5.32 Å². The number of ether oxygens (including phenoxy) is 1. The van der Waals surface area contributed by atoms with Crippen LogP contribution >= 0.6 is 0 Å². The van der Waals surface area contributed by atoms with E-state index in [1.807, 2.05) is 12.1 Å². The number of carbonyl (C=O) groups is 3. The zero-order chi connectivity index (χ0) is 19.1. The first-order valence-electron chi connectivity index (χ1n) is 8.35. The largest absolute Gasteiger partial charge is 0.452 e. The Morgan fingerprint density at radius 3 is 1.81 bits per heavy atom. The minimum absolute atomic E-state index is 0.127. The lowest BCUT2D eigenvalue weighted by molar-refractivity contribution is -0.119. The summed E-state index contributed by atoms with van der Waals surface area (Å²) in [5.74, 6) is -1.18. The predicted molar refractivity (Wildman–Crippen MR) is 102 cm³/mol. The van der Waals surface area contributed by atoms with Crippen LogP contribution < -0.4 is 5.32 Å². The van der Waals surface area contributed by atoms with Gasteiger partial charge in [-0.15, -0.1) is 0 Å². The Kier molecular flexibility index (Phi) is 5.74. The van der Waals surface area contributed by atoms with Gasteiger partial charge >= 0.3 is 5.97 Å². The third kappa shape index (κ3) is 4.89. The molecule has 0 radical (unpaired) electrons. The number of esters is 1. The number of hydrogen-bond acceptors (Lipinski definition) is 4. The smallest absolute Gasteiger partial charge is 0.338 e. The maximum Gasteiger partial charge on any atom is 0.338 e. The average molecular weight is 359 g/mol. The van der Waals surface area contributed by atoms with Crippen LogP contribution in [0.25, 0.3) is 0 Å². The quantitative estimate of drug-likeness (QED) is 0.538. The second kappa shape index (κ2) is 8.58. The molecule has 5 nitrogen and oxygen atoms in total. The lowest BCUT2D eigenvalue weighted by Gasteiger charge is -2.07. The van der Waals surface area contributed by atoms with Crippen molar-refractivity contribution in [3.05, 3.63) is 102 Å². The molecule has 0 aliphatic carbocycles. The van der Waals surface area contributed by atoms with Crippen LogP contribution in [0.15, 0.2) is 84.9 Å². The van der Waals surface area contributed by atoms with Crippen LogP contribution in [0.1, 0.15) is 26.3 Å². The zero-order valence-electron chi connectivity index (χ0n) is 14.4. The molecule has 0 bridgehead atoms. The highest BCUT2D eigenvalue weighted by Crippen LogP contribution is 2.12. The molecule has 0 aromatic heterocycles. The van der Waals surface area contributed by atoms with E-state index in [4.69, 9.17) is 4.74 Å². The average Bonchev–Trinajstić information content (AvgIpc) is 2.73. The van der Waals surface area contributed by atoms with Crippen LogP contribution in [0.4, 0.5) is 5.69 Å². The molecule has 3 rings (SSSR count). The van der Waals surface area contributed by atoms with Crippen molar-refractivity contribution in [2.45, 2.75) is 0 Å². The summed E-state index contributed by atoms with van der Waals surface area (Å²) >= 11 is 0. The number of nitrogens with one attached hydrogen (secondary N) is 1. The lowest BCUT2D eigenvalue weighted by atomic mass is 10.0. The molecule has 0 heterocycles. The highest BCUT2D eigenvalue weighted by atomic mass is 16.5. The van der Waals surface area contributed by atoms with Gasteiger partial charge in [-0.25, -0.2) is 4.79 Å². The van der Waals surface area contributed by atoms with E-state index in [1.54, 1.807) is 60.7 Å². The van der Waals surface area contributed by atoms with Gasteiger partial charge in [0.2, 0.25) is 0 Å². The SMILES string of the molecule is O=C(COC(=O)c1ccc(C(=O)c2ccccc2)cc1)Nc1ccccc1. The maximum absolute atomic E-state index is 12.3. The minimum Gasteiger partial charge on any atom is -0.452 e. The molecular weight excluding hydrogens is 342 g/mol. The standard InChI is InChI=1S/C22H17NO4/c24-20(23-19-9-5-2-6-10-19)15-27-22(26)18-13-11-17(12-14-18)21(25)16-7-3-1-4-8-16/h1-14H,15H2,(H,23,24). The van der Waals surface area contributed by atoms with Gasteiger partial charge in [0.05, 0.1) is 5.56 Å². The van der Waals surface area contributed by atoms with Crippen LogP contribution in [0, 0.1) is 0 Å². The van der Waals surface area contributed by atoms with Crippen molar-refractivity contribution < 1.29 is 19.1 Å². The molecule has 0 unspecified atom stereocenters. The summed E-state index contributed by atoms with van der Waals surface area (Å²) in [5, 5.41) is 2.63. The van der Waals surface area contributed by atoms with E-state index < -0.39 is 18.5 Å². The Hall–Kier alpha value is -3.73. The fourth-order valence-corrected chi connectivity index (χ4v) is 2.45. The van der Waals surface area contributed by atoms with Gasteiger partial charge in [-0.05, 0) is 24.3 Å². The Morgan fingerprint density at radius 1 is 0.667 bits per heavy atom. The van der Waals surface area contributed by atoms with Crippen molar-refractivity contribution in [2.75, 3.05) is 11.9 Å². The molecule has 3 aromatic rings. The number of carbonyl (C=O) groups excluding carboxylic acids is 3. The maximum atomic E-state index is 12.3. The van der Waals surface area contributed by atoms with Crippen LogP contribution in [0.2, 0.25) is 0 Å². The van der Waals surface area contributed by atoms with Gasteiger partial charge in [0.15, 0.2) is 12.4 Å². The van der Waals surface area contributed by atoms with Crippen LogP contribution in [0.5, 0.6) is 0 Å². The second-order valence-corrected chi connectivity index (χ2v) is 5.76. The van der Waals surface area contributed by atoms with Crippen molar-refractivity contribution >= 4 is 23.3 Å². The van der Waals surface area contributed by atoms with E-state index >= 15 is 0 Å². The summed E-state index contributed by atoms with van der Waals surface area (Å²) in [6.45, 7) is -0.390. The molecule has 27 heavy (non-hydrogen) atoms. The first-order valence-corrected chi connectivity index (χ1v) is 8.35. The molecule has 5 heteroatoms. The van der Waals surface area contributed by atoms with Gasteiger partial charge in [0, 0.05) is 16.8 Å². The van der Waals surface area contributed by atoms with Crippen molar-refractivity contribution in [3.8, 4) is 0 Å². The Balaban J connectivity index is 1.56. The van der Waals surface area contributed by atoms with E-state index in [1.165, 1.54) is 12.1 Å². The number of anilines is 1. The fraction of sp³-hybridized carbons (Fsp3) is 0.0455. The van der Waals surface area contributed by atoms with Crippen LogP contribution in [0.3, 0.4) is 0 Å². The molecule has 1 amide bonds. The van der Waals surface area contributed by atoms with E-state index in [0.717, 1.165) is 0 Å². The molecule has 0 atom stereocenters. The van der Waals surface area contributed by atoms with Crippen molar-refractivity contribution in [1.82, 2.24) is 0 Å². The van der Waals surface area contributed by atoms with E-state index in [9.17, 15) is 14.4 Å². The van der Waals surface area contributed by atoms with Gasteiger partial charge < -0.3 is 10.1 Å². The number of para-hydroxylation sites is 1. The van der Waals surface area contributed by atoms with Crippen LogP contribution in [-0.4, -0.2) is 24.3 Å². The summed E-state index contributed by atoms with van der Waals surface area (Å²) < 4.78 is 5.01. The Morgan fingerprint density at radius 2 is 1.19 bits per heavy atom. The molecule has 0 spiro atoms. The molecule has 0 aliphatic rings. The van der Waals surface area contributed by atoms with Crippen molar-refractivity contribution in [3.63, 3.8) is 0 Å². The molecular formula is C22H17NO4.